The van der Waals surface area contributed by atoms with Gasteiger partial charge in [0.2, 0.25) is 0 Å². The van der Waals surface area contributed by atoms with E-state index in [0.717, 1.165) is 81.4 Å². The minimum Gasteiger partial charge on any atom is -0.352 e. The predicted octanol–water partition coefficient (Wildman–Crippen LogP) is 4.29. The van der Waals surface area contributed by atoms with Crippen molar-refractivity contribution >= 4 is 33.4 Å². The van der Waals surface area contributed by atoms with E-state index in [1.807, 2.05) is 22.3 Å². The molecule has 4 heterocycles. The second kappa shape index (κ2) is 10.9. The van der Waals surface area contributed by atoms with Crippen molar-refractivity contribution in [3.63, 3.8) is 0 Å². The van der Waals surface area contributed by atoms with Crippen LogP contribution in [0.15, 0.2) is 30.3 Å². The largest absolute Gasteiger partial charge is 0.352 e. The molecular weight excluding hydrogens is 456 g/mol. The molecule has 0 atom stereocenters. The molecule has 1 N–H and O–H groups in total. The predicted molar refractivity (Wildman–Crippen MR) is 143 cm³/mol. The summed E-state index contributed by atoms with van der Waals surface area (Å²) in [6.07, 6.45) is 3.89. The number of nitrogens with zero attached hydrogens (tertiary/aromatic N) is 5. The number of aromatic nitrogens is 2. The number of likely N-dealkylation sites (N-methyl/N-ethyl adjacent to an activating group) is 1. The number of fused-ring (bicyclic) bond motifs is 3. The van der Waals surface area contributed by atoms with Crippen LogP contribution in [-0.2, 0) is 19.4 Å². The number of anilines is 1. The number of unbranched alkanes of at least 4 members (excludes halogenated alkanes) is 1. The van der Waals surface area contributed by atoms with Crippen molar-refractivity contribution in [2.24, 2.45) is 0 Å². The number of thiophene rings is 1. The highest BCUT2D eigenvalue weighted by Gasteiger charge is 2.28. The van der Waals surface area contributed by atoms with Crippen LogP contribution in [0.25, 0.3) is 10.2 Å². The summed E-state index contributed by atoms with van der Waals surface area (Å²) in [5.41, 5.74) is 2.67. The van der Waals surface area contributed by atoms with Crippen molar-refractivity contribution in [3.8, 4) is 0 Å². The van der Waals surface area contributed by atoms with Gasteiger partial charge in [0.25, 0.3) is 0 Å². The third-order valence-electron chi connectivity index (χ3n) is 7.13. The van der Waals surface area contributed by atoms with E-state index in [2.05, 4.69) is 53.2 Å². The molecule has 2 aliphatic rings. The summed E-state index contributed by atoms with van der Waals surface area (Å²) in [6.45, 7) is 11.3. The van der Waals surface area contributed by atoms with Crippen molar-refractivity contribution < 1.29 is 4.79 Å². The van der Waals surface area contributed by atoms with Gasteiger partial charge in [-0.2, -0.15) is 0 Å². The lowest BCUT2D eigenvalue weighted by Crippen LogP contribution is -2.52. The van der Waals surface area contributed by atoms with Gasteiger partial charge in [0.1, 0.15) is 16.5 Å². The first-order valence-electron chi connectivity index (χ1n) is 13.0. The standard InChI is InChI=1S/C27H36N6OS/c1-3-5-12-28-27(34)33-16-14-32(15-17-33)25-24-21-11-13-31(4-2)19-22(21)35-26(24)30-23(29-25)18-20-9-7-6-8-10-20/h6-10H,3-5,11-19H2,1-2H3,(H,28,34). The van der Waals surface area contributed by atoms with Gasteiger partial charge in [-0.25, -0.2) is 14.8 Å². The molecule has 0 radical (unpaired) electrons. The molecule has 2 amide bonds. The molecule has 7 nitrogen and oxygen atoms in total. The number of carbonyl (C=O) groups excluding carboxylic acids is 1. The Balaban J connectivity index is 1.43. The van der Waals surface area contributed by atoms with Crippen molar-refractivity contribution in [1.82, 2.24) is 25.1 Å². The van der Waals surface area contributed by atoms with E-state index in [1.54, 1.807) is 0 Å². The van der Waals surface area contributed by atoms with Crippen molar-refractivity contribution in [2.45, 2.75) is 46.1 Å². The summed E-state index contributed by atoms with van der Waals surface area (Å²) in [5, 5.41) is 4.31. The Morgan fingerprint density at radius 1 is 1.06 bits per heavy atom. The van der Waals surface area contributed by atoms with Crippen LogP contribution in [-0.4, -0.2) is 71.6 Å². The van der Waals surface area contributed by atoms with E-state index in [0.29, 0.717) is 13.1 Å². The van der Waals surface area contributed by atoms with Gasteiger partial charge >= 0.3 is 6.03 Å². The van der Waals surface area contributed by atoms with Crippen LogP contribution in [0.5, 0.6) is 0 Å². The fraction of sp³-hybridized carbons (Fsp3) is 0.519. The average Bonchev–Trinajstić information content (AvgIpc) is 3.26. The van der Waals surface area contributed by atoms with Crippen LogP contribution in [0.3, 0.4) is 0 Å². The van der Waals surface area contributed by atoms with Crippen LogP contribution in [0.1, 0.15) is 48.5 Å². The molecule has 1 saturated heterocycles. The van der Waals surface area contributed by atoms with Crippen LogP contribution >= 0.6 is 11.3 Å². The number of urea groups is 1. The maximum absolute atomic E-state index is 12.6. The van der Waals surface area contributed by atoms with E-state index < -0.39 is 0 Å². The second-order valence-corrected chi connectivity index (χ2v) is 10.6. The number of carbonyl (C=O) groups is 1. The lowest BCUT2D eigenvalue weighted by molar-refractivity contribution is 0.194. The zero-order chi connectivity index (χ0) is 24.2. The van der Waals surface area contributed by atoms with Gasteiger partial charge in [0.05, 0.1) is 5.39 Å². The lowest BCUT2D eigenvalue weighted by atomic mass is 10.0. The number of hydrogen-bond donors (Lipinski definition) is 1. The summed E-state index contributed by atoms with van der Waals surface area (Å²) in [5.74, 6) is 1.94. The molecule has 2 aliphatic heterocycles. The maximum atomic E-state index is 12.6. The first kappa shape index (κ1) is 24.0. The third kappa shape index (κ3) is 5.28. The highest BCUT2D eigenvalue weighted by Crippen LogP contribution is 2.39. The normalized spacial score (nSPS) is 16.5. The molecule has 1 fully saturated rings. The molecule has 1 aromatic carbocycles. The minimum absolute atomic E-state index is 0.0586. The highest BCUT2D eigenvalue weighted by molar-refractivity contribution is 7.19. The Labute approximate surface area is 212 Å². The second-order valence-electron chi connectivity index (χ2n) is 9.49. The SMILES string of the molecule is CCCCNC(=O)N1CCN(c2nc(Cc3ccccc3)nc3sc4c(c23)CCN(CC)C4)CC1. The zero-order valence-electron chi connectivity index (χ0n) is 20.9. The number of nitrogens with one attached hydrogen (secondary N) is 1. The molecule has 2 aromatic heterocycles. The molecule has 0 unspecified atom stereocenters. The molecule has 0 saturated carbocycles. The molecule has 5 rings (SSSR count). The number of rotatable bonds is 7. The lowest BCUT2D eigenvalue weighted by Gasteiger charge is -2.36. The molecule has 0 bridgehead atoms. The molecule has 8 heteroatoms. The first-order valence-corrected chi connectivity index (χ1v) is 13.8. The third-order valence-corrected chi connectivity index (χ3v) is 8.24. The van der Waals surface area contributed by atoms with Gasteiger partial charge in [-0.3, -0.25) is 4.90 Å². The van der Waals surface area contributed by atoms with Gasteiger partial charge in [-0.1, -0.05) is 50.6 Å². The fourth-order valence-corrected chi connectivity index (χ4v) is 6.31. The molecule has 3 aromatic rings. The van der Waals surface area contributed by atoms with E-state index in [1.165, 1.54) is 21.4 Å². The van der Waals surface area contributed by atoms with Gasteiger partial charge in [0, 0.05) is 57.1 Å². The van der Waals surface area contributed by atoms with Gasteiger partial charge < -0.3 is 15.1 Å². The molecule has 35 heavy (non-hydrogen) atoms. The minimum atomic E-state index is 0.0586. The van der Waals surface area contributed by atoms with Crippen LogP contribution in [0.4, 0.5) is 10.6 Å². The topological polar surface area (TPSA) is 64.6 Å². The monoisotopic (exact) mass is 492 g/mol. The van der Waals surface area contributed by atoms with Crippen LogP contribution in [0, 0.1) is 0 Å². The Morgan fingerprint density at radius 3 is 2.60 bits per heavy atom. The Kier molecular flexibility index (Phi) is 7.48. The number of piperazine rings is 1. The van der Waals surface area contributed by atoms with Crippen LogP contribution < -0.4 is 10.2 Å². The fourth-order valence-electron chi connectivity index (χ4n) is 5.03. The molecule has 186 valence electrons. The average molecular weight is 493 g/mol. The first-order chi connectivity index (χ1) is 17.2. The summed E-state index contributed by atoms with van der Waals surface area (Å²) in [4.78, 5) is 32.2. The molecular formula is C27H36N6OS. The van der Waals surface area contributed by atoms with Crippen molar-refractivity contribution in [1.29, 1.82) is 0 Å². The number of amides is 2. The zero-order valence-corrected chi connectivity index (χ0v) is 21.7. The smallest absolute Gasteiger partial charge is 0.317 e. The van der Waals surface area contributed by atoms with Gasteiger partial charge in [-0.15, -0.1) is 11.3 Å². The molecule has 0 aliphatic carbocycles. The van der Waals surface area contributed by atoms with Crippen molar-refractivity contribution in [3.05, 3.63) is 52.2 Å². The van der Waals surface area contributed by atoms with E-state index in [9.17, 15) is 4.79 Å². The summed E-state index contributed by atoms with van der Waals surface area (Å²) in [6, 6.07) is 10.5. The van der Waals surface area contributed by atoms with Gasteiger partial charge in [-0.05, 0) is 30.5 Å². The Bertz CT molecular complexity index is 1160. The summed E-state index contributed by atoms with van der Waals surface area (Å²) < 4.78 is 0. The van der Waals surface area contributed by atoms with Gasteiger partial charge in [0.15, 0.2) is 0 Å². The van der Waals surface area contributed by atoms with E-state index >= 15 is 0 Å². The van der Waals surface area contributed by atoms with E-state index in [4.69, 9.17) is 9.97 Å². The quantitative estimate of drug-likeness (QED) is 0.499. The Hall–Kier alpha value is -2.71. The summed E-state index contributed by atoms with van der Waals surface area (Å²) in [7, 11) is 0. The molecule has 0 spiro atoms. The number of hydrogen-bond acceptors (Lipinski definition) is 6. The van der Waals surface area contributed by atoms with Crippen LogP contribution in [0.2, 0.25) is 0 Å². The highest BCUT2D eigenvalue weighted by atomic mass is 32.1. The number of benzene rings is 1. The Morgan fingerprint density at radius 2 is 1.86 bits per heavy atom. The summed E-state index contributed by atoms with van der Waals surface area (Å²) >= 11 is 1.84. The van der Waals surface area contributed by atoms with E-state index in [-0.39, 0.29) is 6.03 Å². The maximum Gasteiger partial charge on any atom is 0.317 e. The van der Waals surface area contributed by atoms with Crippen molar-refractivity contribution in [2.75, 3.05) is 50.7 Å².